The molecule has 96 valence electrons. The smallest absolute Gasteiger partial charge is 0.244 e. The molecule has 0 aromatic carbocycles. The van der Waals surface area contributed by atoms with E-state index in [4.69, 9.17) is 5.73 Å². The third kappa shape index (κ3) is 2.68. The molecule has 0 aliphatic carbocycles. The molecule has 2 rings (SSSR count). The van der Waals surface area contributed by atoms with Crippen molar-refractivity contribution in [3.8, 4) is 0 Å². The maximum absolute atomic E-state index is 12.4. The average molecular weight is 292 g/mol. The quantitative estimate of drug-likeness (QED) is 0.913. The van der Waals surface area contributed by atoms with Crippen molar-refractivity contribution in [1.29, 1.82) is 0 Å². The van der Waals surface area contributed by atoms with E-state index < -0.39 is 10.0 Å². The maximum Gasteiger partial charge on any atom is 0.244 e. The maximum atomic E-state index is 12.4. The van der Waals surface area contributed by atoms with Crippen LogP contribution in [0.15, 0.2) is 16.3 Å². The molecule has 7 heteroatoms. The van der Waals surface area contributed by atoms with E-state index in [0.29, 0.717) is 18.0 Å². The number of nitrogens with two attached hydrogens (primary N) is 1. The number of thiophene rings is 1. The normalized spacial score (nSPS) is 22.8. The van der Waals surface area contributed by atoms with Gasteiger partial charge < -0.3 is 5.73 Å². The molecular formula is C10H16N2O2S3. The largest absolute Gasteiger partial charge is 0.326 e. The van der Waals surface area contributed by atoms with Gasteiger partial charge in [0.15, 0.2) is 0 Å². The molecule has 0 amide bonds. The van der Waals surface area contributed by atoms with E-state index in [1.165, 1.54) is 11.3 Å². The van der Waals surface area contributed by atoms with E-state index in [1.54, 1.807) is 27.5 Å². The van der Waals surface area contributed by atoms with Crippen molar-refractivity contribution in [2.75, 3.05) is 18.1 Å². The predicted molar refractivity (Wildman–Crippen MR) is 72.9 cm³/mol. The Balaban J connectivity index is 2.28. The van der Waals surface area contributed by atoms with Crippen LogP contribution in [-0.4, -0.2) is 36.8 Å². The minimum Gasteiger partial charge on any atom is -0.326 e. The second kappa shape index (κ2) is 5.27. The zero-order valence-corrected chi connectivity index (χ0v) is 12.1. The van der Waals surface area contributed by atoms with Gasteiger partial charge in [-0.25, -0.2) is 8.42 Å². The molecule has 0 saturated carbocycles. The van der Waals surface area contributed by atoms with Gasteiger partial charge in [-0.2, -0.15) is 16.1 Å². The fourth-order valence-corrected chi connectivity index (χ4v) is 5.80. The lowest BCUT2D eigenvalue weighted by Gasteiger charge is -2.31. The fraction of sp³-hybridized carbons (Fsp3) is 0.600. The van der Waals surface area contributed by atoms with Crippen LogP contribution in [0.1, 0.15) is 11.8 Å². The number of thioether (sulfide) groups is 1. The Kier molecular flexibility index (Phi) is 4.14. The molecule has 2 heterocycles. The summed E-state index contributed by atoms with van der Waals surface area (Å²) in [7, 11) is -3.33. The fourth-order valence-electron chi connectivity index (χ4n) is 1.81. The highest BCUT2D eigenvalue weighted by atomic mass is 32.2. The van der Waals surface area contributed by atoms with Crippen LogP contribution >= 0.6 is 23.1 Å². The standard InChI is InChI=1S/C10H16N2O2S3/c1-8-6-15-3-2-12(8)17(13,14)10-4-9(5-11)16-7-10/h4,7-8H,2-3,5-6,11H2,1H3. The van der Waals surface area contributed by atoms with Gasteiger partial charge in [-0.15, -0.1) is 11.3 Å². The summed E-state index contributed by atoms with van der Waals surface area (Å²) in [5.74, 6) is 1.74. The molecule has 1 aliphatic heterocycles. The van der Waals surface area contributed by atoms with Crippen molar-refractivity contribution in [1.82, 2.24) is 4.31 Å². The molecule has 1 saturated heterocycles. The van der Waals surface area contributed by atoms with Gasteiger partial charge in [0, 0.05) is 40.9 Å². The summed E-state index contributed by atoms with van der Waals surface area (Å²) in [4.78, 5) is 1.30. The molecule has 1 unspecified atom stereocenters. The van der Waals surface area contributed by atoms with Crippen LogP contribution in [0.2, 0.25) is 0 Å². The van der Waals surface area contributed by atoms with Crippen LogP contribution in [0.25, 0.3) is 0 Å². The van der Waals surface area contributed by atoms with Gasteiger partial charge in [0.1, 0.15) is 0 Å². The van der Waals surface area contributed by atoms with E-state index >= 15 is 0 Å². The van der Waals surface area contributed by atoms with E-state index in [-0.39, 0.29) is 6.04 Å². The lowest BCUT2D eigenvalue weighted by molar-refractivity contribution is 0.368. The number of sulfonamides is 1. The minimum atomic E-state index is -3.33. The zero-order valence-electron chi connectivity index (χ0n) is 9.63. The number of nitrogens with zero attached hydrogens (tertiary/aromatic N) is 1. The van der Waals surface area contributed by atoms with Crippen molar-refractivity contribution in [3.63, 3.8) is 0 Å². The highest BCUT2D eigenvalue weighted by molar-refractivity contribution is 7.99. The predicted octanol–water partition coefficient (Wildman–Crippen LogP) is 1.33. The molecule has 17 heavy (non-hydrogen) atoms. The number of rotatable bonds is 3. The highest BCUT2D eigenvalue weighted by Gasteiger charge is 2.31. The van der Waals surface area contributed by atoms with E-state index in [9.17, 15) is 8.42 Å². The van der Waals surface area contributed by atoms with Crippen molar-refractivity contribution in [3.05, 3.63) is 16.3 Å². The van der Waals surface area contributed by atoms with Gasteiger partial charge in [0.25, 0.3) is 0 Å². The summed E-state index contributed by atoms with van der Waals surface area (Å²) < 4.78 is 26.4. The average Bonchev–Trinajstić information content (AvgIpc) is 2.78. The summed E-state index contributed by atoms with van der Waals surface area (Å²) in [6.07, 6.45) is 0. The van der Waals surface area contributed by atoms with Crippen LogP contribution in [0, 0.1) is 0 Å². The summed E-state index contributed by atoms with van der Waals surface area (Å²) in [5, 5.41) is 1.69. The molecule has 1 fully saturated rings. The van der Waals surface area contributed by atoms with Gasteiger partial charge in [0.05, 0.1) is 4.90 Å². The SMILES string of the molecule is CC1CSCCN1S(=O)(=O)c1csc(CN)c1. The van der Waals surface area contributed by atoms with Gasteiger partial charge in [0.2, 0.25) is 10.0 Å². The summed E-state index contributed by atoms with van der Waals surface area (Å²) in [6, 6.07) is 1.76. The Labute approximate surface area is 110 Å². The topological polar surface area (TPSA) is 63.4 Å². The van der Waals surface area contributed by atoms with Gasteiger partial charge in [-0.3, -0.25) is 0 Å². The Hall–Kier alpha value is -0.0800. The summed E-state index contributed by atoms with van der Waals surface area (Å²) >= 11 is 3.21. The van der Waals surface area contributed by atoms with Gasteiger partial charge in [-0.1, -0.05) is 0 Å². The molecule has 0 radical (unpaired) electrons. The summed E-state index contributed by atoms with van der Waals surface area (Å²) in [5.41, 5.74) is 5.51. The first-order valence-corrected chi connectivity index (χ1v) is 8.90. The minimum absolute atomic E-state index is 0.0694. The van der Waals surface area contributed by atoms with Crippen LogP contribution in [0.5, 0.6) is 0 Å². The molecule has 0 bridgehead atoms. The third-order valence-electron chi connectivity index (χ3n) is 2.74. The lowest BCUT2D eigenvalue weighted by Crippen LogP contribution is -2.44. The molecule has 4 nitrogen and oxygen atoms in total. The number of hydrogen-bond donors (Lipinski definition) is 1. The van der Waals surface area contributed by atoms with E-state index in [0.717, 1.165) is 16.4 Å². The van der Waals surface area contributed by atoms with Gasteiger partial charge in [-0.05, 0) is 13.0 Å². The first kappa shape index (κ1) is 13.4. The Morgan fingerprint density at radius 3 is 2.94 bits per heavy atom. The van der Waals surface area contributed by atoms with E-state index in [2.05, 4.69) is 0 Å². The summed E-state index contributed by atoms with van der Waals surface area (Å²) in [6.45, 7) is 2.95. The molecule has 1 aliphatic rings. The molecular weight excluding hydrogens is 276 g/mol. The third-order valence-corrected chi connectivity index (χ3v) is 7.03. The van der Waals surface area contributed by atoms with Crippen molar-refractivity contribution in [2.45, 2.75) is 24.4 Å². The number of hydrogen-bond acceptors (Lipinski definition) is 5. The molecule has 0 spiro atoms. The zero-order chi connectivity index (χ0) is 12.5. The Bertz CT molecular complexity index is 483. The second-order valence-electron chi connectivity index (χ2n) is 3.99. The van der Waals surface area contributed by atoms with Crippen molar-refractivity contribution in [2.24, 2.45) is 5.73 Å². The first-order chi connectivity index (χ1) is 8.05. The molecule has 1 aromatic rings. The van der Waals surface area contributed by atoms with Gasteiger partial charge >= 0.3 is 0 Å². The van der Waals surface area contributed by atoms with Crippen LogP contribution in [0.4, 0.5) is 0 Å². The second-order valence-corrected chi connectivity index (χ2v) is 8.03. The molecule has 2 N–H and O–H groups in total. The first-order valence-electron chi connectivity index (χ1n) is 5.43. The van der Waals surface area contributed by atoms with Crippen LogP contribution in [0.3, 0.4) is 0 Å². The molecule has 1 atom stereocenters. The molecule has 1 aromatic heterocycles. The van der Waals surface area contributed by atoms with Crippen molar-refractivity contribution < 1.29 is 8.42 Å². The monoisotopic (exact) mass is 292 g/mol. The van der Waals surface area contributed by atoms with Crippen LogP contribution in [-0.2, 0) is 16.6 Å². The van der Waals surface area contributed by atoms with E-state index in [1.807, 2.05) is 6.92 Å². The Morgan fingerprint density at radius 2 is 2.35 bits per heavy atom. The highest BCUT2D eigenvalue weighted by Crippen LogP contribution is 2.27. The lowest BCUT2D eigenvalue weighted by atomic mass is 10.4. The Morgan fingerprint density at radius 1 is 1.59 bits per heavy atom. The van der Waals surface area contributed by atoms with Crippen LogP contribution < -0.4 is 5.73 Å². The van der Waals surface area contributed by atoms with Crippen molar-refractivity contribution >= 4 is 33.1 Å².